The summed E-state index contributed by atoms with van der Waals surface area (Å²) in [4.78, 5) is 11.4. The van der Waals surface area contributed by atoms with E-state index in [-0.39, 0.29) is 41.2 Å². The fourth-order valence-corrected chi connectivity index (χ4v) is 1.65. The van der Waals surface area contributed by atoms with Crippen molar-refractivity contribution in [3.05, 3.63) is 28.0 Å². The molecule has 5 heteroatoms. The molecule has 3 nitrogen and oxygen atoms in total. The van der Waals surface area contributed by atoms with Crippen molar-refractivity contribution in [2.75, 3.05) is 0 Å². The Hall–Kier alpha value is -0.340. The van der Waals surface area contributed by atoms with Crippen LogP contribution >= 0.6 is 0 Å². The first-order chi connectivity index (χ1) is 6.24. The van der Waals surface area contributed by atoms with Crippen molar-refractivity contribution < 1.29 is 29.6 Å². The van der Waals surface area contributed by atoms with Gasteiger partial charge in [-0.15, -0.1) is 0 Å². The van der Waals surface area contributed by atoms with Crippen molar-refractivity contribution in [2.45, 2.75) is 23.9 Å². The monoisotopic (exact) mass is 214 g/mol. The molecule has 14 heavy (non-hydrogen) atoms. The SMILES string of the molecule is N#Cc1ccc(=O)n(C2CC2)c1[S-].[Na+]. The number of rotatable bonds is 1. The van der Waals surface area contributed by atoms with Crippen LogP contribution in [0.3, 0.4) is 0 Å². The van der Waals surface area contributed by atoms with Crippen LogP contribution in [-0.4, -0.2) is 4.57 Å². The minimum absolute atomic E-state index is 0. The fraction of sp³-hybridized carbons (Fsp3) is 0.333. The van der Waals surface area contributed by atoms with Gasteiger partial charge < -0.3 is 17.2 Å². The number of hydrogen-bond acceptors (Lipinski definition) is 3. The molecule has 0 aromatic carbocycles. The van der Waals surface area contributed by atoms with Gasteiger partial charge in [0, 0.05) is 17.7 Å². The van der Waals surface area contributed by atoms with Crippen molar-refractivity contribution in [3.8, 4) is 6.07 Å². The van der Waals surface area contributed by atoms with E-state index in [0.29, 0.717) is 10.6 Å². The molecular weight excluding hydrogens is 207 g/mol. The molecule has 66 valence electrons. The Bertz CT molecular complexity index is 445. The molecule has 1 saturated carbocycles. The summed E-state index contributed by atoms with van der Waals surface area (Å²) in [5, 5.41) is 9.09. The predicted molar refractivity (Wildman–Crippen MR) is 49.3 cm³/mol. The summed E-state index contributed by atoms with van der Waals surface area (Å²) in [6, 6.07) is 5.12. The molecule has 1 heterocycles. The van der Waals surface area contributed by atoms with Crippen LogP contribution in [0.2, 0.25) is 0 Å². The standard InChI is InChI=1S/C9H8N2OS.Na/c10-5-6-1-4-8(12)11(9(6)13)7-2-3-7;/h1,4,7,13H,2-3H2;/q;+1/p-1. The average molecular weight is 214 g/mol. The number of pyridine rings is 1. The maximum Gasteiger partial charge on any atom is 1.00 e. The van der Waals surface area contributed by atoms with Gasteiger partial charge in [0.05, 0.1) is 6.07 Å². The van der Waals surface area contributed by atoms with Crippen LogP contribution in [0.4, 0.5) is 0 Å². The summed E-state index contributed by atoms with van der Waals surface area (Å²) >= 11 is 5.04. The van der Waals surface area contributed by atoms with Crippen LogP contribution < -0.4 is 35.1 Å². The number of hydrogen-bond donors (Lipinski definition) is 0. The Balaban J connectivity index is 0.000000980. The Kier molecular flexibility index (Phi) is 3.73. The Morgan fingerprint density at radius 2 is 2.14 bits per heavy atom. The maximum absolute atomic E-state index is 11.4. The Morgan fingerprint density at radius 3 is 2.64 bits per heavy atom. The van der Waals surface area contributed by atoms with E-state index >= 15 is 0 Å². The molecule has 0 amide bonds. The molecule has 0 atom stereocenters. The summed E-state index contributed by atoms with van der Waals surface area (Å²) in [7, 11) is 0. The topological polar surface area (TPSA) is 45.8 Å². The van der Waals surface area contributed by atoms with Gasteiger partial charge in [-0.1, -0.05) is 5.03 Å². The van der Waals surface area contributed by atoms with E-state index in [0.717, 1.165) is 12.8 Å². The summed E-state index contributed by atoms with van der Waals surface area (Å²) in [5.41, 5.74) is 0.327. The third-order valence-electron chi connectivity index (χ3n) is 2.11. The molecule has 1 aliphatic rings. The van der Waals surface area contributed by atoms with Gasteiger partial charge in [-0.3, -0.25) is 4.79 Å². The number of nitrogens with zero attached hydrogens (tertiary/aromatic N) is 2. The van der Waals surface area contributed by atoms with Crippen molar-refractivity contribution in [1.29, 1.82) is 5.26 Å². The molecule has 0 unspecified atom stereocenters. The van der Waals surface area contributed by atoms with Crippen LogP contribution in [0, 0.1) is 11.3 Å². The van der Waals surface area contributed by atoms with Gasteiger partial charge >= 0.3 is 29.6 Å². The van der Waals surface area contributed by atoms with Crippen LogP contribution in [0.25, 0.3) is 0 Å². The quantitative estimate of drug-likeness (QED) is 0.400. The molecular formula is C9H7N2NaOS. The maximum atomic E-state index is 11.4. The van der Waals surface area contributed by atoms with E-state index in [1.165, 1.54) is 12.1 Å². The summed E-state index contributed by atoms with van der Waals surface area (Å²) in [5.74, 6) is 0. The second-order valence-corrected chi connectivity index (χ2v) is 3.49. The van der Waals surface area contributed by atoms with Crippen molar-refractivity contribution in [3.63, 3.8) is 0 Å². The van der Waals surface area contributed by atoms with Gasteiger partial charge in [0.15, 0.2) is 0 Å². The molecule has 0 spiro atoms. The summed E-state index contributed by atoms with van der Waals surface area (Å²) < 4.78 is 1.55. The second kappa shape index (κ2) is 4.45. The number of aromatic nitrogens is 1. The van der Waals surface area contributed by atoms with Crippen LogP contribution in [0.15, 0.2) is 22.0 Å². The smallest absolute Gasteiger partial charge is 0.761 e. The molecule has 0 bridgehead atoms. The van der Waals surface area contributed by atoms with Crippen molar-refractivity contribution >= 4 is 12.6 Å². The summed E-state index contributed by atoms with van der Waals surface area (Å²) in [6.45, 7) is 0. The van der Waals surface area contributed by atoms with Gasteiger partial charge in [-0.2, -0.15) is 5.26 Å². The van der Waals surface area contributed by atoms with Gasteiger partial charge in [0.1, 0.15) is 0 Å². The first-order valence-electron chi connectivity index (χ1n) is 4.06. The van der Waals surface area contributed by atoms with Crippen LogP contribution in [0.1, 0.15) is 24.4 Å². The van der Waals surface area contributed by atoms with E-state index < -0.39 is 0 Å². The molecule has 1 fully saturated rings. The van der Waals surface area contributed by atoms with Gasteiger partial charge in [-0.25, -0.2) is 0 Å². The van der Waals surface area contributed by atoms with E-state index in [2.05, 4.69) is 0 Å². The van der Waals surface area contributed by atoms with Crippen molar-refractivity contribution in [1.82, 2.24) is 4.57 Å². The van der Waals surface area contributed by atoms with E-state index in [9.17, 15) is 4.79 Å². The van der Waals surface area contributed by atoms with Crippen molar-refractivity contribution in [2.24, 2.45) is 0 Å². The molecule has 1 aliphatic carbocycles. The third kappa shape index (κ3) is 2.01. The van der Waals surface area contributed by atoms with Gasteiger partial charge in [0.25, 0.3) is 0 Å². The fourth-order valence-electron chi connectivity index (χ4n) is 1.30. The zero-order valence-electron chi connectivity index (χ0n) is 7.86. The Morgan fingerprint density at radius 1 is 1.50 bits per heavy atom. The molecule has 2 rings (SSSR count). The molecule has 0 radical (unpaired) electrons. The number of nitriles is 1. The molecule has 0 aliphatic heterocycles. The summed E-state index contributed by atoms with van der Waals surface area (Å²) in [6.07, 6.45) is 2.00. The van der Waals surface area contributed by atoms with E-state index in [1.54, 1.807) is 4.57 Å². The zero-order chi connectivity index (χ0) is 9.42. The molecule has 0 saturated heterocycles. The van der Waals surface area contributed by atoms with Gasteiger partial charge in [-0.05, 0) is 18.9 Å². The Labute approximate surface area is 109 Å². The predicted octanol–water partition coefficient (Wildman–Crippen LogP) is -2.04. The van der Waals surface area contributed by atoms with Crippen LogP contribution in [0.5, 0.6) is 0 Å². The van der Waals surface area contributed by atoms with E-state index in [1.807, 2.05) is 6.07 Å². The molecule has 1 aromatic rings. The third-order valence-corrected chi connectivity index (χ3v) is 2.53. The zero-order valence-corrected chi connectivity index (χ0v) is 10.7. The largest absolute Gasteiger partial charge is 1.00 e. The first kappa shape index (κ1) is 11.7. The normalized spacial score (nSPS) is 14.2. The molecule has 1 aromatic heterocycles. The minimum atomic E-state index is -0.0912. The molecule has 0 N–H and O–H groups in total. The van der Waals surface area contributed by atoms with Gasteiger partial charge in [0.2, 0.25) is 5.56 Å². The van der Waals surface area contributed by atoms with E-state index in [4.69, 9.17) is 17.9 Å². The second-order valence-electron chi connectivity index (χ2n) is 3.10. The minimum Gasteiger partial charge on any atom is -0.761 e. The van der Waals surface area contributed by atoms with Crippen LogP contribution in [-0.2, 0) is 12.6 Å². The average Bonchev–Trinajstić information content (AvgIpc) is 2.89. The first-order valence-corrected chi connectivity index (χ1v) is 4.47.